The minimum absolute atomic E-state index is 0.176. The summed E-state index contributed by atoms with van der Waals surface area (Å²) in [6.07, 6.45) is 5.63. The van der Waals surface area contributed by atoms with E-state index in [0.717, 1.165) is 40.5 Å². The van der Waals surface area contributed by atoms with E-state index in [4.69, 9.17) is 26.8 Å². The van der Waals surface area contributed by atoms with Crippen molar-refractivity contribution in [3.63, 3.8) is 0 Å². The number of aromatic amines is 1. The van der Waals surface area contributed by atoms with Gasteiger partial charge in [0.25, 0.3) is 5.91 Å². The molecule has 38 heavy (non-hydrogen) atoms. The fourth-order valence-corrected chi connectivity index (χ4v) is 4.80. The molecule has 8 heteroatoms. The van der Waals surface area contributed by atoms with Crippen molar-refractivity contribution in [2.45, 2.75) is 25.4 Å². The molecule has 2 aromatic heterocycles. The number of pyridine rings is 1. The lowest BCUT2D eigenvalue weighted by Crippen LogP contribution is -2.16. The zero-order valence-corrected chi connectivity index (χ0v) is 21.1. The maximum atomic E-state index is 13.2. The molecule has 1 aliphatic rings. The van der Waals surface area contributed by atoms with Crippen molar-refractivity contribution in [3.05, 3.63) is 100 Å². The second-order valence-corrected chi connectivity index (χ2v) is 9.87. The van der Waals surface area contributed by atoms with E-state index in [2.05, 4.69) is 9.97 Å². The molecule has 0 aliphatic heterocycles. The van der Waals surface area contributed by atoms with Crippen LogP contribution in [0.2, 0.25) is 5.02 Å². The quantitative estimate of drug-likeness (QED) is 0.223. The molecule has 1 aliphatic carbocycles. The molecule has 1 amide bonds. The first kappa shape index (κ1) is 24.0. The summed E-state index contributed by atoms with van der Waals surface area (Å²) in [5.74, 6) is 0.430. The maximum absolute atomic E-state index is 13.2. The largest absolute Gasteiger partial charge is 0.486 e. The highest BCUT2D eigenvalue weighted by Crippen LogP contribution is 2.46. The summed E-state index contributed by atoms with van der Waals surface area (Å²) in [4.78, 5) is 33.2. The maximum Gasteiger partial charge on any atom is 0.252 e. The molecular formula is C30H24ClN3O4. The molecule has 1 fully saturated rings. The molecule has 3 N–H and O–H groups in total. The minimum Gasteiger partial charge on any atom is -0.486 e. The van der Waals surface area contributed by atoms with Crippen molar-refractivity contribution < 1.29 is 19.1 Å². The smallest absolute Gasteiger partial charge is 0.252 e. The zero-order valence-electron chi connectivity index (χ0n) is 20.4. The number of hydrogen-bond donors (Lipinski definition) is 2. The van der Waals surface area contributed by atoms with Crippen LogP contribution in [0.4, 0.5) is 0 Å². The van der Waals surface area contributed by atoms with Gasteiger partial charge in [-0.1, -0.05) is 48.0 Å². The number of rotatable bonds is 9. The summed E-state index contributed by atoms with van der Waals surface area (Å²) < 4.78 is 12.1. The van der Waals surface area contributed by atoms with E-state index < -0.39 is 5.91 Å². The summed E-state index contributed by atoms with van der Waals surface area (Å²) >= 11 is 6.08. The predicted octanol–water partition coefficient (Wildman–Crippen LogP) is 6.19. The molecule has 0 unspecified atom stereocenters. The van der Waals surface area contributed by atoms with Crippen molar-refractivity contribution >= 4 is 45.1 Å². The molecule has 3 aromatic carbocycles. The Morgan fingerprint density at radius 3 is 2.58 bits per heavy atom. The van der Waals surface area contributed by atoms with Crippen LogP contribution in [-0.4, -0.2) is 28.3 Å². The third kappa shape index (κ3) is 4.68. The molecule has 5 aromatic rings. The molecule has 6 rings (SSSR count). The van der Waals surface area contributed by atoms with Gasteiger partial charge in [0.15, 0.2) is 12.4 Å². The summed E-state index contributed by atoms with van der Waals surface area (Å²) in [5, 5.41) is 2.10. The van der Waals surface area contributed by atoms with Crippen LogP contribution in [0.15, 0.2) is 73.1 Å². The fourth-order valence-electron chi connectivity index (χ4n) is 4.62. The molecule has 1 saturated carbocycles. The van der Waals surface area contributed by atoms with Gasteiger partial charge in [0.1, 0.15) is 23.4 Å². The minimum atomic E-state index is -0.657. The molecule has 0 bridgehead atoms. The van der Waals surface area contributed by atoms with Gasteiger partial charge in [-0.15, -0.1) is 0 Å². The first-order valence-electron chi connectivity index (χ1n) is 12.3. The van der Waals surface area contributed by atoms with Gasteiger partial charge in [-0.05, 0) is 59.4 Å². The van der Waals surface area contributed by atoms with Crippen LogP contribution in [0.1, 0.15) is 50.6 Å². The van der Waals surface area contributed by atoms with Crippen molar-refractivity contribution in [2.24, 2.45) is 5.73 Å². The molecule has 7 nitrogen and oxygen atoms in total. The average Bonchev–Trinajstić information content (AvgIpc) is 3.68. The number of aromatic nitrogens is 2. The predicted molar refractivity (Wildman–Crippen MR) is 146 cm³/mol. The third-order valence-electron chi connectivity index (χ3n) is 6.74. The lowest BCUT2D eigenvalue weighted by molar-refractivity contribution is 0.0913. The number of nitrogens with one attached hydrogen (secondary N) is 1. The van der Waals surface area contributed by atoms with Crippen LogP contribution >= 0.6 is 11.6 Å². The van der Waals surface area contributed by atoms with Crippen molar-refractivity contribution in [1.82, 2.24) is 9.97 Å². The normalized spacial score (nSPS) is 13.1. The molecular weight excluding hydrogens is 502 g/mol. The molecule has 0 atom stereocenters. The number of fused-ring (bicyclic) bond motifs is 2. The van der Waals surface area contributed by atoms with Crippen LogP contribution in [0, 0.1) is 0 Å². The Balaban J connectivity index is 1.28. The number of Topliss-reactive ketones (excluding diaryl/α,β-unsaturated/α-hetero) is 1. The topological polar surface area (TPSA) is 107 Å². The number of benzene rings is 3. The van der Waals surface area contributed by atoms with E-state index in [1.165, 1.54) is 0 Å². The molecule has 0 spiro atoms. The van der Waals surface area contributed by atoms with Crippen molar-refractivity contribution in [2.75, 3.05) is 6.61 Å². The Bertz CT molecular complexity index is 1690. The lowest BCUT2D eigenvalue weighted by Gasteiger charge is -2.13. The first-order chi connectivity index (χ1) is 18.5. The number of carbonyl (C=O) groups is 2. The number of ketones is 1. The summed E-state index contributed by atoms with van der Waals surface area (Å²) in [7, 11) is 0. The highest BCUT2D eigenvalue weighted by Gasteiger charge is 2.30. The van der Waals surface area contributed by atoms with E-state index in [9.17, 15) is 9.59 Å². The van der Waals surface area contributed by atoms with E-state index >= 15 is 0 Å². The van der Waals surface area contributed by atoms with E-state index in [1.54, 1.807) is 30.5 Å². The summed E-state index contributed by atoms with van der Waals surface area (Å²) in [6.45, 7) is 0.118. The van der Waals surface area contributed by atoms with Gasteiger partial charge in [-0.2, -0.15) is 0 Å². The Kier molecular flexibility index (Phi) is 6.21. The number of nitrogens with zero attached hydrogens (tertiary/aromatic N) is 1. The number of H-pyrrole nitrogens is 1. The van der Waals surface area contributed by atoms with Gasteiger partial charge < -0.3 is 20.2 Å². The van der Waals surface area contributed by atoms with Gasteiger partial charge in [0, 0.05) is 23.0 Å². The SMILES string of the molecule is NC(=O)c1cc2cc(Cl)ccc2cc1OCC(=O)c1c[nH]c2c(OCc3ccccc3)c(C3CC3)cnc12. The summed E-state index contributed by atoms with van der Waals surface area (Å²) in [5.41, 5.74) is 9.46. The van der Waals surface area contributed by atoms with Crippen LogP contribution in [0.5, 0.6) is 11.5 Å². The molecule has 2 heterocycles. The van der Waals surface area contributed by atoms with Crippen LogP contribution < -0.4 is 15.2 Å². The number of hydrogen-bond acceptors (Lipinski definition) is 5. The van der Waals surface area contributed by atoms with Crippen LogP contribution in [0.3, 0.4) is 0 Å². The second kappa shape index (κ2) is 9.84. The molecule has 0 radical (unpaired) electrons. The van der Waals surface area contributed by atoms with E-state index in [0.29, 0.717) is 34.1 Å². The Morgan fingerprint density at radius 1 is 1.00 bits per heavy atom. The zero-order chi connectivity index (χ0) is 26.2. The van der Waals surface area contributed by atoms with Crippen molar-refractivity contribution in [3.8, 4) is 11.5 Å². The van der Waals surface area contributed by atoms with Crippen molar-refractivity contribution in [1.29, 1.82) is 0 Å². The number of halogens is 1. The van der Waals surface area contributed by atoms with Gasteiger partial charge >= 0.3 is 0 Å². The number of primary amides is 1. The number of carbonyl (C=O) groups excluding carboxylic acids is 2. The second-order valence-electron chi connectivity index (χ2n) is 9.43. The Hall–Kier alpha value is -4.36. The van der Waals surface area contributed by atoms with Crippen LogP contribution in [0.25, 0.3) is 21.8 Å². The Morgan fingerprint density at radius 2 is 1.82 bits per heavy atom. The summed E-state index contributed by atoms with van der Waals surface area (Å²) in [6, 6.07) is 18.5. The van der Waals surface area contributed by atoms with Gasteiger partial charge in [0.05, 0.1) is 11.1 Å². The van der Waals surface area contributed by atoms with E-state index in [1.807, 2.05) is 42.6 Å². The average molecular weight is 526 g/mol. The standard InChI is InChI=1S/C30H24ClN3O4/c31-21-9-8-19-12-26(22(30(32)36)11-20(19)10-21)37-16-25(35)24-14-34-28-27(24)33-13-23(18-6-7-18)29(28)38-15-17-4-2-1-3-5-17/h1-5,8-14,18,34H,6-7,15-16H2,(H2,32,36). The number of amides is 1. The molecule has 190 valence electrons. The first-order valence-corrected chi connectivity index (χ1v) is 12.7. The monoisotopic (exact) mass is 525 g/mol. The molecule has 0 saturated heterocycles. The Labute approximate surface area is 223 Å². The highest BCUT2D eigenvalue weighted by atomic mass is 35.5. The third-order valence-corrected chi connectivity index (χ3v) is 6.98. The lowest BCUT2D eigenvalue weighted by atomic mass is 10.1. The fraction of sp³-hybridized carbons (Fsp3) is 0.167. The van der Waals surface area contributed by atoms with Crippen LogP contribution in [-0.2, 0) is 6.61 Å². The van der Waals surface area contributed by atoms with Gasteiger partial charge in [-0.25, -0.2) is 0 Å². The number of nitrogens with two attached hydrogens (primary N) is 1. The van der Waals surface area contributed by atoms with Gasteiger partial charge in [-0.3, -0.25) is 14.6 Å². The van der Waals surface area contributed by atoms with Gasteiger partial charge in [0.2, 0.25) is 5.78 Å². The highest BCUT2D eigenvalue weighted by molar-refractivity contribution is 6.31. The van der Waals surface area contributed by atoms with E-state index in [-0.39, 0.29) is 23.7 Å². The number of ether oxygens (including phenoxy) is 2.